The number of rotatable bonds is 8. The van der Waals surface area contributed by atoms with Gasteiger partial charge in [-0.25, -0.2) is 0 Å². The molecule has 0 radical (unpaired) electrons. The Morgan fingerprint density at radius 2 is 1.93 bits per heavy atom. The van der Waals surface area contributed by atoms with Crippen molar-refractivity contribution in [1.29, 1.82) is 0 Å². The van der Waals surface area contributed by atoms with Crippen LogP contribution in [-0.2, 0) is 4.74 Å². The third kappa shape index (κ3) is 4.52. The maximum absolute atomic E-state index is 5.30. The molecule has 1 rings (SSSR count). The molecule has 0 spiro atoms. The van der Waals surface area contributed by atoms with Gasteiger partial charge in [0.25, 0.3) is 0 Å². The minimum absolute atomic E-state index is 0.524. The lowest BCUT2D eigenvalue weighted by atomic mass is 9.88. The molecular weight excluding hydrogens is 186 g/mol. The minimum atomic E-state index is 0.524. The molecule has 15 heavy (non-hydrogen) atoms. The number of hydrogen-bond donors (Lipinski definition) is 1. The summed E-state index contributed by atoms with van der Waals surface area (Å²) in [6, 6.07) is 1.47. The normalized spacial score (nSPS) is 27.4. The van der Waals surface area contributed by atoms with Crippen LogP contribution in [0.5, 0.6) is 0 Å². The topological polar surface area (TPSA) is 21.3 Å². The third-order valence-corrected chi connectivity index (χ3v) is 3.44. The molecule has 1 unspecified atom stereocenters. The standard InChI is InChI=1S/C13H27NO/c1-4-6-8-11(7-5-2)14-12-9-13(10-12)15-3/h11-14H,4-10H2,1-3H3. The zero-order chi connectivity index (χ0) is 11.1. The van der Waals surface area contributed by atoms with Gasteiger partial charge in [-0.1, -0.05) is 33.1 Å². The summed E-state index contributed by atoms with van der Waals surface area (Å²) >= 11 is 0. The van der Waals surface area contributed by atoms with Gasteiger partial charge in [0, 0.05) is 19.2 Å². The maximum atomic E-state index is 5.30. The van der Waals surface area contributed by atoms with Gasteiger partial charge in [0.15, 0.2) is 0 Å². The highest BCUT2D eigenvalue weighted by Gasteiger charge is 2.29. The second-order valence-electron chi connectivity index (χ2n) is 4.82. The monoisotopic (exact) mass is 213 g/mol. The molecule has 0 aromatic heterocycles. The van der Waals surface area contributed by atoms with Gasteiger partial charge in [-0.3, -0.25) is 0 Å². The number of unbranched alkanes of at least 4 members (excludes halogenated alkanes) is 1. The van der Waals surface area contributed by atoms with Gasteiger partial charge in [0.2, 0.25) is 0 Å². The number of ether oxygens (including phenoxy) is 1. The fourth-order valence-electron chi connectivity index (χ4n) is 2.34. The lowest BCUT2D eigenvalue weighted by molar-refractivity contribution is 0.0135. The molecule has 1 saturated carbocycles. The summed E-state index contributed by atoms with van der Waals surface area (Å²) in [6.45, 7) is 4.55. The first-order valence-corrected chi connectivity index (χ1v) is 6.59. The first kappa shape index (κ1) is 13.0. The predicted octanol–water partition coefficient (Wildman–Crippen LogP) is 3.11. The summed E-state index contributed by atoms with van der Waals surface area (Å²) in [4.78, 5) is 0. The molecule has 1 aliphatic carbocycles. The lowest BCUT2D eigenvalue weighted by Gasteiger charge is -2.37. The quantitative estimate of drug-likeness (QED) is 0.669. The Hall–Kier alpha value is -0.0800. The fourth-order valence-corrected chi connectivity index (χ4v) is 2.34. The molecule has 1 aliphatic rings. The van der Waals surface area contributed by atoms with Crippen LogP contribution in [0, 0.1) is 0 Å². The van der Waals surface area contributed by atoms with Gasteiger partial charge in [-0.2, -0.15) is 0 Å². The fraction of sp³-hybridized carbons (Fsp3) is 1.00. The summed E-state index contributed by atoms with van der Waals surface area (Å²) in [5.41, 5.74) is 0. The van der Waals surface area contributed by atoms with E-state index in [1.165, 1.54) is 44.9 Å². The Kier molecular flexibility index (Phi) is 6.26. The molecule has 2 nitrogen and oxygen atoms in total. The van der Waals surface area contributed by atoms with Gasteiger partial charge in [-0.15, -0.1) is 0 Å². The van der Waals surface area contributed by atoms with Crippen LogP contribution >= 0.6 is 0 Å². The highest BCUT2D eigenvalue weighted by atomic mass is 16.5. The van der Waals surface area contributed by atoms with Gasteiger partial charge in [-0.05, 0) is 25.7 Å². The molecule has 1 atom stereocenters. The average Bonchev–Trinajstić information content (AvgIpc) is 2.19. The van der Waals surface area contributed by atoms with Crippen LogP contribution in [0.4, 0.5) is 0 Å². The molecule has 0 aromatic carbocycles. The Balaban J connectivity index is 2.14. The van der Waals surface area contributed by atoms with Crippen LogP contribution in [-0.4, -0.2) is 25.3 Å². The Morgan fingerprint density at radius 3 is 2.47 bits per heavy atom. The van der Waals surface area contributed by atoms with Gasteiger partial charge in [0.05, 0.1) is 6.10 Å². The van der Waals surface area contributed by atoms with E-state index in [-0.39, 0.29) is 0 Å². The zero-order valence-electron chi connectivity index (χ0n) is 10.6. The molecule has 2 heteroatoms. The molecule has 0 amide bonds. The van der Waals surface area contributed by atoms with Crippen LogP contribution < -0.4 is 5.32 Å². The third-order valence-electron chi connectivity index (χ3n) is 3.44. The van der Waals surface area contributed by atoms with Gasteiger partial charge < -0.3 is 10.1 Å². The van der Waals surface area contributed by atoms with E-state index < -0.39 is 0 Å². The lowest BCUT2D eigenvalue weighted by Crippen LogP contribution is -2.49. The first-order chi connectivity index (χ1) is 7.30. The Labute approximate surface area is 94.8 Å². The van der Waals surface area contributed by atoms with Crippen molar-refractivity contribution in [1.82, 2.24) is 5.32 Å². The molecule has 0 saturated heterocycles. The van der Waals surface area contributed by atoms with Crippen LogP contribution in [0.3, 0.4) is 0 Å². The smallest absolute Gasteiger partial charge is 0.0601 e. The molecule has 0 bridgehead atoms. The maximum Gasteiger partial charge on any atom is 0.0601 e. The van der Waals surface area contributed by atoms with Crippen LogP contribution in [0.15, 0.2) is 0 Å². The summed E-state index contributed by atoms with van der Waals surface area (Å²) in [6.07, 6.45) is 9.59. The molecular formula is C13H27NO. The first-order valence-electron chi connectivity index (χ1n) is 6.59. The van der Waals surface area contributed by atoms with E-state index in [2.05, 4.69) is 19.2 Å². The van der Waals surface area contributed by atoms with Crippen molar-refractivity contribution in [3.8, 4) is 0 Å². The van der Waals surface area contributed by atoms with Crippen molar-refractivity contribution < 1.29 is 4.74 Å². The summed E-state index contributed by atoms with van der Waals surface area (Å²) in [5, 5.41) is 3.77. The highest BCUT2D eigenvalue weighted by Crippen LogP contribution is 2.24. The van der Waals surface area contributed by atoms with Crippen molar-refractivity contribution in [2.45, 2.75) is 77.0 Å². The second-order valence-corrected chi connectivity index (χ2v) is 4.82. The summed E-state index contributed by atoms with van der Waals surface area (Å²) in [5.74, 6) is 0. The highest BCUT2D eigenvalue weighted by molar-refractivity contribution is 4.88. The number of methoxy groups -OCH3 is 1. The Bertz CT molecular complexity index is 155. The molecule has 1 fully saturated rings. The molecule has 0 aromatic rings. The number of nitrogens with one attached hydrogen (secondary N) is 1. The van der Waals surface area contributed by atoms with Crippen molar-refractivity contribution in [2.24, 2.45) is 0 Å². The van der Waals surface area contributed by atoms with E-state index in [0.717, 1.165) is 12.1 Å². The van der Waals surface area contributed by atoms with Crippen molar-refractivity contribution >= 4 is 0 Å². The molecule has 0 heterocycles. The molecule has 0 aliphatic heterocycles. The average molecular weight is 213 g/mol. The van der Waals surface area contributed by atoms with Crippen molar-refractivity contribution in [3.05, 3.63) is 0 Å². The number of hydrogen-bond acceptors (Lipinski definition) is 2. The zero-order valence-corrected chi connectivity index (χ0v) is 10.6. The van der Waals surface area contributed by atoms with E-state index in [4.69, 9.17) is 4.74 Å². The second kappa shape index (κ2) is 7.24. The van der Waals surface area contributed by atoms with E-state index in [9.17, 15) is 0 Å². The summed E-state index contributed by atoms with van der Waals surface area (Å²) in [7, 11) is 1.82. The van der Waals surface area contributed by atoms with E-state index >= 15 is 0 Å². The molecule has 1 N–H and O–H groups in total. The van der Waals surface area contributed by atoms with Gasteiger partial charge in [0.1, 0.15) is 0 Å². The van der Waals surface area contributed by atoms with E-state index in [1.807, 2.05) is 7.11 Å². The largest absolute Gasteiger partial charge is 0.381 e. The predicted molar refractivity (Wildman–Crippen MR) is 65.2 cm³/mol. The summed E-state index contributed by atoms with van der Waals surface area (Å²) < 4.78 is 5.30. The van der Waals surface area contributed by atoms with Gasteiger partial charge >= 0.3 is 0 Å². The van der Waals surface area contributed by atoms with Crippen molar-refractivity contribution in [2.75, 3.05) is 7.11 Å². The van der Waals surface area contributed by atoms with Crippen LogP contribution in [0.1, 0.15) is 58.8 Å². The molecule has 90 valence electrons. The van der Waals surface area contributed by atoms with Crippen LogP contribution in [0.25, 0.3) is 0 Å². The van der Waals surface area contributed by atoms with E-state index in [1.54, 1.807) is 0 Å². The SMILES string of the molecule is CCCCC(CCC)NC1CC(OC)C1. The Morgan fingerprint density at radius 1 is 1.20 bits per heavy atom. The van der Waals surface area contributed by atoms with Crippen molar-refractivity contribution in [3.63, 3.8) is 0 Å². The minimum Gasteiger partial charge on any atom is -0.381 e. The van der Waals surface area contributed by atoms with E-state index in [0.29, 0.717) is 6.10 Å². The van der Waals surface area contributed by atoms with Crippen LogP contribution in [0.2, 0.25) is 0 Å².